The SMILES string of the molecule is CNC(Cc1ccccc1)Cc1cc(Br)cs1. The highest BCUT2D eigenvalue weighted by Crippen LogP contribution is 2.21. The van der Waals surface area contributed by atoms with Gasteiger partial charge in [0.15, 0.2) is 0 Å². The van der Waals surface area contributed by atoms with E-state index < -0.39 is 0 Å². The second kappa shape index (κ2) is 6.34. The maximum Gasteiger partial charge on any atom is 0.0285 e. The van der Waals surface area contributed by atoms with Crippen LogP contribution in [0.4, 0.5) is 0 Å². The predicted molar refractivity (Wildman–Crippen MR) is 78.7 cm³/mol. The van der Waals surface area contributed by atoms with Crippen LogP contribution in [0.3, 0.4) is 0 Å². The first-order chi connectivity index (χ1) is 8.28. The van der Waals surface area contributed by atoms with Gasteiger partial charge in [-0.2, -0.15) is 0 Å². The van der Waals surface area contributed by atoms with Crippen LogP contribution in [0, 0.1) is 0 Å². The molecule has 0 radical (unpaired) electrons. The van der Waals surface area contributed by atoms with Gasteiger partial charge in [-0.1, -0.05) is 30.3 Å². The molecule has 0 saturated carbocycles. The fourth-order valence-electron chi connectivity index (χ4n) is 1.88. The lowest BCUT2D eigenvalue weighted by Gasteiger charge is -2.15. The van der Waals surface area contributed by atoms with Crippen molar-refractivity contribution in [3.8, 4) is 0 Å². The van der Waals surface area contributed by atoms with Crippen molar-refractivity contribution in [1.29, 1.82) is 0 Å². The molecular weight excluding hydrogens is 294 g/mol. The average Bonchev–Trinajstić information content (AvgIpc) is 2.75. The Kier molecular flexibility index (Phi) is 4.77. The predicted octanol–water partition coefficient (Wildman–Crippen LogP) is 3.88. The third-order valence-electron chi connectivity index (χ3n) is 2.80. The van der Waals surface area contributed by atoms with Crippen molar-refractivity contribution in [2.24, 2.45) is 0 Å². The van der Waals surface area contributed by atoms with E-state index >= 15 is 0 Å². The van der Waals surface area contributed by atoms with E-state index in [1.807, 2.05) is 18.4 Å². The first kappa shape index (κ1) is 12.8. The van der Waals surface area contributed by atoms with Gasteiger partial charge in [-0.3, -0.25) is 0 Å². The smallest absolute Gasteiger partial charge is 0.0285 e. The lowest BCUT2D eigenvalue weighted by atomic mass is 10.0. The molecule has 17 heavy (non-hydrogen) atoms. The molecule has 1 atom stereocenters. The van der Waals surface area contributed by atoms with Gasteiger partial charge in [0.25, 0.3) is 0 Å². The number of likely N-dealkylation sites (N-methyl/N-ethyl adjacent to an activating group) is 1. The van der Waals surface area contributed by atoms with Crippen LogP contribution in [0.5, 0.6) is 0 Å². The Morgan fingerprint density at radius 2 is 2.00 bits per heavy atom. The van der Waals surface area contributed by atoms with E-state index in [9.17, 15) is 0 Å². The molecule has 1 heterocycles. The second-order valence-corrected chi connectivity index (χ2v) is 6.02. The molecular formula is C14H16BrNS. The van der Waals surface area contributed by atoms with E-state index in [4.69, 9.17) is 0 Å². The third kappa shape index (κ3) is 3.95. The van der Waals surface area contributed by atoms with Crippen LogP contribution in [-0.4, -0.2) is 13.1 Å². The number of hydrogen-bond acceptors (Lipinski definition) is 2. The third-order valence-corrected chi connectivity index (χ3v) is 4.52. The minimum atomic E-state index is 0.503. The Balaban J connectivity index is 1.98. The maximum absolute atomic E-state index is 3.50. The zero-order valence-corrected chi connectivity index (χ0v) is 12.2. The van der Waals surface area contributed by atoms with Gasteiger partial charge in [0.2, 0.25) is 0 Å². The zero-order chi connectivity index (χ0) is 12.1. The molecule has 0 spiro atoms. The maximum atomic E-state index is 3.50. The molecule has 0 amide bonds. The molecule has 1 aromatic heterocycles. The van der Waals surface area contributed by atoms with E-state index in [0.29, 0.717) is 6.04 Å². The second-order valence-electron chi connectivity index (χ2n) is 4.11. The van der Waals surface area contributed by atoms with E-state index in [1.165, 1.54) is 14.9 Å². The first-order valence-electron chi connectivity index (χ1n) is 5.72. The lowest BCUT2D eigenvalue weighted by Crippen LogP contribution is -2.29. The average molecular weight is 310 g/mol. The molecule has 2 rings (SSSR count). The number of thiophene rings is 1. The van der Waals surface area contributed by atoms with Gasteiger partial charge < -0.3 is 5.32 Å². The molecule has 90 valence electrons. The highest BCUT2D eigenvalue weighted by Gasteiger charge is 2.09. The van der Waals surface area contributed by atoms with Crippen molar-refractivity contribution < 1.29 is 0 Å². The van der Waals surface area contributed by atoms with Gasteiger partial charge >= 0.3 is 0 Å². The fourth-order valence-corrected chi connectivity index (χ4v) is 3.41. The largest absolute Gasteiger partial charge is 0.316 e. The van der Waals surface area contributed by atoms with Crippen molar-refractivity contribution in [2.75, 3.05) is 7.05 Å². The molecule has 1 N–H and O–H groups in total. The van der Waals surface area contributed by atoms with Gasteiger partial charge in [0.05, 0.1) is 0 Å². The summed E-state index contributed by atoms with van der Waals surface area (Å²) < 4.78 is 1.19. The van der Waals surface area contributed by atoms with Crippen LogP contribution < -0.4 is 5.32 Å². The summed E-state index contributed by atoms with van der Waals surface area (Å²) in [5, 5.41) is 5.54. The summed E-state index contributed by atoms with van der Waals surface area (Å²) in [6, 6.07) is 13.4. The highest BCUT2D eigenvalue weighted by molar-refractivity contribution is 9.10. The van der Waals surface area contributed by atoms with Gasteiger partial charge in [0.1, 0.15) is 0 Å². The number of hydrogen-bond donors (Lipinski definition) is 1. The van der Waals surface area contributed by atoms with Crippen LogP contribution in [-0.2, 0) is 12.8 Å². The highest BCUT2D eigenvalue weighted by atomic mass is 79.9. The number of rotatable bonds is 5. The molecule has 1 nitrogen and oxygen atoms in total. The summed E-state index contributed by atoms with van der Waals surface area (Å²) in [7, 11) is 2.04. The Morgan fingerprint density at radius 3 is 2.59 bits per heavy atom. The minimum absolute atomic E-state index is 0.503. The summed E-state index contributed by atoms with van der Waals surface area (Å²) in [5.41, 5.74) is 1.39. The van der Waals surface area contributed by atoms with Crippen LogP contribution in [0.15, 0.2) is 46.3 Å². The van der Waals surface area contributed by atoms with Gasteiger partial charge in [-0.15, -0.1) is 11.3 Å². The molecule has 1 aromatic carbocycles. The van der Waals surface area contributed by atoms with E-state index in [2.05, 4.69) is 63.0 Å². The Morgan fingerprint density at radius 1 is 1.24 bits per heavy atom. The summed E-state index contributed by atoms with van der Waals surface area (Å²) >= 11 is 5.32. The molecule has 0 saturated heterocycles. The van der Waals surface area contributed by atoms with Gasteiger partial charge in [0, 0.05) is 20.8 Å². The Labute approximate surface area is 115 Å². The zero-order valence-electron chi connectivity index (χ0n) is 9.82. The van der Waals surface area contributed by atoms with Crippen LogP contribution in [0.2, 0.25) is 0 Å². The number of halogens is 1. The molecule has 2 aromatic rings. The van der Waals surface area contributed by atoms with Crippen LogP contribution in [0.1, 0.15) is 10.4 Å². The van der Waals surface area contributed by atoms with E-state index in [1.54, 1.807) is 0 Å². The van der Waals surface area contributed by atoms with Crippen molar-refractivity contribution in [2.45, 2.75) is 18.9 Å². The molecule has 1 unspecified atom stereocenters. The molecule has 0 fully saturated rings. The first-order valence-corrected chi connectivity index (χ1v) is 7.39. The Hall–Kier alpha value is -0.640. The van der Waals surface area contributed by atoms with Crippen LogP contribution >= 0.6 is 27.3 Å². The molecule has 0 bridgehead atoms. The van der Waals surface area contributed by atoms with Gasteiger partial charge in [-0.05, 0) is 47.4 Å². The van der Waals surface area contributed by atoms with E-state index in [0.717, 1.165) is 12.8 Å². The summed E-state index contributed by atoms with van der Waals surface area (Å²) in [5.74, 6) is 0. The molecule has 0 aliphatic heterocycles. The molecule has 0 aliphatic carbocycles. The standard InChI is InChI=1S/C14H16BrNS/c1-16-13(7-11-5-3-2-4-6-11)9-14-8-12(15)10-17-14/h2-6,8,10,13,16H,7,9H2,1H3. The molecule has 0 aliphatic rings. The van der Waals surface area contributed by atoms with Crippen molar-refractivity contribution in [3.05, 3.63) is 56.7 Å². The normalized spacial score (nSPS) is 12.6. The van der Waals surface area contributed by atoms with Crippen molar-refractivity contribution in [1.82, 2.24) is 5.32 Å². The van der Waals surface area contributed by atoms with Crippen molar-refractivity contribution >= 4 is 27.3 Å². The lowest BCUT2D eigenvalue weighted by molar-refractivity contribution is 0.560. The van der Waals surface area contributed by atoms with E-state index in [-0.39, 0.29) is 0 Å². The Bertz CT molecular complexity index is 452. The fraction of sp³-hybridized carbons (Fsp3) is 0.286. The topological polar surface area (TPSA) is 12.0 Å². The molecule has 3 heteroatoms. The summed E-state index contributed by atoms with van der Waals surface area (Å²) in [4.78, 5) is 1.42. The number of benzene rings is 1. The monoisotopic (exact) mass is 309 g/mol. The minimum Gasteiger partial charge on any atom is -0.316 e. The summed E-state index contributed by atoms with van der Waals surface area (Å²) in [6.07, 6.45) is 2.16. The van der Waals surface area contributed by atoms with Crippen LogP contribution in [0.25, 0.3) is 0 Å². The van der Waals surface area contributed by atoms with Gasteiger partial charge in [-0.25, -0.2) is 0 Å². The summed E-state index contributed by atoms with van der Waals surface area (Å²) in [6.45, 7) is 0. The quantitative estimate of drug-likeness (QED) is 0.883. The van der Waals surface area contributed by atoms with Crippen molar-refractivity contribution in [3.63, 3.8) is 0 Å². The number of nitrogens with one attached hydrogen (secondary N) is 1.